The van der Waals surface area contributed by atoms with E-state index >= 15 is 0 Å². The Kier molecular flexibility index (Phi) is 10.7. The van der Waals surface area contributed by atoms with E-state index in [1.807, 2.05) is 55.0 Å². The van der Waals surface area contributed by atoms with Crippen LogP contribution >= 0.6 is 23.4 Å². The number of halogens is 1. The molecule has 46 heavy (non-hydrogen) atoms. The van der Waals surface area contributed by atoms with Crippen molar-refractivity contribution in [3.8, 4) is 34.1 Å². The Bertz CT molecular complexity index is 1680. The van der Waals surface area contributed by atoms with Crippen molar-refractivity contribution in [2.45, 2.75) is 63.4 Å². The number of pyridine rings is 1. The van der Waals surface area contributed by atoms with Gasteiger partial charge in [-0.2, -0.15) is 0 Å². The van der Waals surface area contributed by atoms with Crippen LogP contribution in [0.25, 0.3) is 11.1 Å². The van der Waals surface area contributed by atoms with Crippen molar-refractivity contribution in [1.29, 1.82) is 0 Å². The second-order valence-corrected chi connectivity index (χ2v) is 13.0. The number of carbonyl (C=O) groups is 1. The van der Waals surface area contributed by atoms with Crippen LogP contribution in [0.15, 0.2) is 71.9 Å². The number of rotatable bonds is 12. The van der Waals surface area contributed by atoms with Gasteiger partial charge in [-0.3, -0.25) is 9.88 Å². The molecule has 1 fully saturated rings. The Morgan fingerprint density at radius 3 is 2.65 bits per heavy atom. The number of aromatic nitrogens is 1. The number of thioether (sulfide) groups is 1. The molecule has 0 N–H and O–H groups in total. The van der Waals surface area contributed by atoms with Gasteiger partial charge in [0, 0.05) is 47.4 Å². The van der Waals surface area contributed by atoms with Gasteiger partial charge in [-0.15, -0.1) is 11.8 Å². The Morgan fingerprint density at radius 1 is 0.978 bits per heavy atom. The second kappa shape index (κ2) is 15.2. The van der Waals surface area contributed by atoms with Crippen molar-refractivity contribution in [3.05, 3.63) is 94.3 Å². The number of aldehydes is 1. The molecule has 6 rings (SSSR count). The zero-order valence-electron chi connectivity index (χ0n) is 26.3. The molecule has 3 aromatic carbocycles. The number of benzene rings is 3. The van der Waals surface area contributed by atoms with Crippen molar-refractivity contribution < 1.29 is 23.7 Å². The first-order chi connectivity index (χ1) is 22.5. The van der Waals surface area contributed by atoms with Gasteiger partial charge >= 0.3 is 0 Å². The van der Waals surface area contributed by atoms with Crippen molar-refractivity contribution in [2.75, 3.05) is 26.0 Å². The number of fused-ring (bicyclic) bond motifs is 1. The highest BCUT2D eigenvalue weighted by Crippen LogP contribution is 2.39. The van der Waals surface area contributed by atoms with Crippen LogP contribution in [-0.2, 0) is 24.6 Å². The molecule has 7 nitrogen and oxygen atoms in total. The lowest BCUT2D eigenvalue weighted by Gasteiger charge is -2.27. The molecule has 1 aromatic heterocycles. The lowest BCUT2D eigenvalue weighted by molar-refractivity contribution is -0.109. The maximum Gasteiger partial charge on any atom is 0.162 e. The van der Waals surface area contributed by atoms with Crippen LogP contribution in [0.3, 0.4) is 0 Å². The Labute approximate surface area is 280 Å². The number of hydrogen-bond donors (Lipinski definition) is 0. The molecule has 0 saturated carbocycles. The molecule has 1 unspecified atom stereocenters. The van der Waals surface area contributed by atoms with Crippen molar-refractivity contribution in [3.63, 3.8) is 0 Å². The molecular weight excluding hydrogens is 620 g/mol. The van der Waals surface area contributed by atoms with E-state index in [1.54, 1.807) is 11.8 Å². The predicted molar refractivity (Wildman–Crippen MR) is 182 cm³/mol. The van der Waals surface area contributed by atoms with Crippen LogP contribution in [0.5, 0.6) is 23.0 Å². The molecule has 3 heterocycles. The highest BCUT2D eigenvalue weighted by molar-refractivity contribution is 7.98. The largest absolute Gasteiger partial charge is 0.488 e. The standard InChI is InChI=1S/C37H39ClN2O5S/c1-25-28(7-6-8-32(25)27-9-10-34-37(17-27)45-30(11-14-41)24-44-34)23-43-36-18-35(42-22-26-15-31(46-2)20-39-19-26)29(16-33(36)38)21-40-12-4-3-5-13-40/h6-10,14-20,30H,3-5,11-13,21-24H2,1-2H3. The van der Waals surface area contributed by atoms with Gasteiger partial charge < -0.3 is 23.7 Å². The molecule has 0 radical (unpaired) electrons. The molecular formula is C37H39ClN2O5S. The molecule has 0 amide bonds. The van der Waals surface area contributed by atoms with E-state index in [0.29, 0.717) is 48.5 Å². The molecule has 0 bridgehead atoms. The van der Waals surface area contributed by atoms with E-state index in [9.17, 15) is 4.79 Å². The third-order valence-electron chi connectivity index (χ3n) is 8.52. The van der Waals surface area contributed by atoms with Gasteiger partial charge in [-0.05, 0) is 85.6 Å². The Hall–Kier alpha value is -3.72. The smallest absolute Gasteiger partial charge is 0.162 e. The average Bonchev–Trinajstić information content (AvgIpc) is 3.08. The summed E-state index contributed by atoms with van der Waals surface area (Å²) in [6.45, 7) is 6.15. The number of hydrogen-bond acceptors (Lipinski definition) is 8. The van der Waals surface area contributed by atoms with Gasteiger partial charge in [-0.1, -0.05) is 42.3 Å². The molecule has 0 spiro atoms. The highest BCUT2D eigenvalue weighted by Gasteiger charge is 2.22. The van der Waals surface area contributed by atoms with E-state index in [0.717, 1.165) is 69.9 Å². The summed E-state index contributed by atoms with van der Waals surface area (Å²) >= 11 is 8.51. The van der Waals surface area contributed by atoms with Crippen LogP contribution in [0.2, 0.25) is 5.02 Å². The normalized spacial score (nSPS) is 16.2. The number of likely N-dealkylation sites (tertiary alicyclic amines) is 1. The summed E-state index contributed by atoms with van der Waals surface area (Å²) in [6.07, 6.45) is 10.3. The van der Waals surface area contributed by atoms with Gasteiger partial charge in [0.25, 0.3) is 0 Å². The van der Waals surface area contributed by atoms with Crippen molar-refractivity contribution in [1.82, 2.24) is 9.88 Å². The van der Waals surface area contributed by atoms with E-state index in [-0.39, 0.29) is 6.10 Å². The lowest BCUT2D eigenvalue weighted by Crippen LogP contribution is -2.29. The summed E-state index contributed by atoms with van der Waals surface area (Å²) in [6, 6.07) is 18.1. The molecule has 1 saturated heterocycles. The minimum Gasteiger partial charge on any atom is -0.488 e. The monoisotopic (exact) mass is 658 g/mol. The zero-order chi connectivity index (χ0) is 31.9. The second-order valence-electron chi connectivity index (χ2n) is 11.7. The minimum absolute atomic E-state index is 0.275. The average molecular weight is 659 g/mol. The summed E-state index contributed by atoms with van der Waals surface area (Å²) in [5.74, 6) is 2.69. The number of ether oxygens (including phenoxy) is 4. The quantitative estimate of drug-likeness (QED) is 0.111. The fraction of sp³-hybridized carbons (Fsp3) is 0.351. The lowest BCUT2D eigenvalue weighted by atomic mass is 9.96. The maximum atomic E-state index is 11.0. The Morgan fingerprint density at radius 2 is 1.83 bits per heavy atom. The van der Waals surface area contributed by atoms with Crippen LogP contribution in [0, 0.1) is 6.92 Å². The van der Waals surface area contributed by atoms with Gasteiger partial charge in [0.1, 0.15) is 43.7 Å². The van der Waals surface area contributed by atoms with Gasteiger partial charge in [0.05, 0.1) is 5.02 Å². The molecule has 240 valence electrons. The van der Waals surface area contributed by atoms with Crippen LogP contribution in [-0.4, -0.2) is 48.2 Å². The summed E-state index contributed by atoms with van der Waals surface area (Å²) in [5, 5.41) is 0.566. The van der Waals surface area contributed by atoms with Crippen LogP contribution in [0.4, 0.5) is 0 Å². The first-order valence-corrected chi connectivity index (χ1v) is 17.3. The number of carbonyl (C=O) groups excluding carboxylic acids is 1. The fourth-order valence-electron chi connectivity index (χ4n) is 5.93. The summed E-state index contributed by atoms with van der Waals surface area (Å²) in [5.41, 5.74) is 6.28. The topological polar surface area (TPSA) is 70.1 Å². The highest BCUT2D eigenvalue weighted by atomic mass is 35.5. The predicted octanol–water partition coefficient (Wildman–Crippen LogP) is 8.31. The molecule has 2 aliphatic heterocycles. The third kappa shape index (κ3) is 7.80. The zero-order valence-corrected chi connectivity index (χ0v) is 27.9. The summed E-state index contributed by atoms with van der Waals surface area (Å²) < 4.78 is 24.7. The SMILES string of the molecule is CSc1cncc(COc2cc(OCc3cccc(-c4ccc5c(c4)OC(CC=O)CO5)c3C)c(Cl)cc2CN2CCCCC2)c1. The van der Waals surface area contributed by atoms with Gasteiger partial charge in [-0.25, -0.2) is 0 Å². The van der Waals surface area contributed by atoms with E-state index < -0.39 is 0 Å². The fourth-order valence-corrected chi connectivity index (χ4v) is 6.61. The number of nitrogens with zero attached hydrogens (tertiary/aromatic N) is 2. The first kappa shape index (κ1) is 32.2. The maximum absolute atomic E-state index is 11.0. The van der Waals surface area contributed by atoms with Crippen molar-refractivity contribution >= 4 is 29.6 Å². The van der Waals surface area contributed by atoms with Crippen molar-refractivity contribution in [2.24, 2.45) is 0 Å². The van der Waals surface area contributed by atoms with E-state index in [1.165, 1.54) is 19.3 Å². The first-order valence-electron chi connectivity index (χ1n) is 15.7. The number of piperidine rings is 1. The molecule has 2 aliphatic rings. The van der Waals surface area contributed by atoms with E-state index in [4.69, 9.17) is 30.5 Å². The molecule has 1 atom stereocenters. The third-order valence-corrected chi connectivity index (χ3v) is 9.51. The summed E-state index contributed by atoms with van der Waals surface area (Å²) in [4.78, 5) is 18.9. The van der Waals surface area contributed by atoms with Crippen LogP contribution in [0.1, 0.15) is 47.9 Å². The minimum atomic E-state index is -0.275. The van der Waals surface area contributed by atoms with E-state index in [2.05, 4.69) is 35.0 Å². The van der Waals surface area contributed by atoms with Gasteiger partial charge in [0.2, 0.25) is 0 Å². The Balaban J connectivity index is 1.21. The summed E-state index contributed by atoms with van der Waals surface area (Å²) in [7, 11) is 0. The molecule has 0 aliphatic carbocycles. The molecule has 4 aromatic rings. The van der Waals surface area contributed by atoms with Gasteiger partial charge in [0.15, 0.2) is 11.5 Å². The van der Waals surface area contributed by atoms with Crippen LogP contribution < -0.4 is 18.9 Å². The molecule has 9 heteroatoms.